The van der Waals surface area contributed by atoms with Gasteiger partial charge in [-0.25, -0.2) is 6.58 Å². The summed E-state index contributed by atoms with van der Waals surface area (Å²) < 4.78 is 4.59. The van der Waals surface area contributed by atoms with Gasteiger partial charge < -0.3 is 9.53 Å². The topological polar surface area (TPSA) is 26.3 Å². The van der Waals surface area contributed by atoms with E-state index in [4.69, 9.17) is 0 Å². The minimum absolute atomic E-state index is 0. The summed E-state index contributed by atoms with van der Waals surface area (Å²) in [6, 6.07) is 0. The molecule has 0 rings (SSSR count). The van der Waals surface area contributed by atoms with Gasteiger partial charge in [-0.1, -0.05) is 0 Å². The molecule has 0 bridgehead atoms. The van der Waals surface area contributed by atoms with Crippen LogP contribution < -0.4 is 0 Å². The first-order chi connectivity index (χ1) is 3.66. The van der Waals surface area contributed by atoms with E-state index >= 15 is 0 Å². The van der Waals surface area contributed by atoms with Crippen molar-refractivity contribution >= 4 is 5.78 Å². The van der Waals surface area contributed by atoms with Crippen molar-refractivity contribution in [2.75, 3.05) is 7.11 Å². The molecule has 2 nitrogen and oxygen atoms in total. The predicted octanol–water partition coefficient (Wildman–Crippen LogP) is 0.937. The van der Waals surface area contributed by atoms with Gasteiger partial charge in [0, 0.05) is 32.7 Å². The number of hydrogen-bond acceptors (Lipinski definition) is 2. The normalized spacial score (nSPS) is 6.89. The van der Waals surface area contributed by atoms with Crippen LogP contribution in [0.15, 0.2) is 12.3 Å². The maximum absolute atomic E-state index is 10.2. The van der Waals surface area contributed by atoms with E-state index in [2.05, 4.69) is 11.3 Å². The van der Waals surface area contributed by atoms with Crippen LogP contribution in [-0.4, -0.2) is 12.9 Å². The Bertz CT molecular complexity index is 110. The Labute approximate surface area is 80.5 Å². The van der Waals surface area contributed by atoms with Crippen LogP contribution in [0.25, 0.3) is 0 Å². The number of Topliss-reactive ketones (excluding diaryl/α,β-unsaturated/α-hetero) is 1. The molecule has 0 spiro atoms. The summed E-state index contributed by atoms with van der Waals surface area (Å²) >= 11 is 0. The number of hydrogen-bond donors (Lipinski definition) is 0. The molecule has 0 aromatic rings. The van der Waals surface area contributed by atoms with Crippen molar-refractivity contribution in [1.82, 2.24) is 0 Å². The van der Waals surface area contributed by atoms with E-state index in [0.29, 0.717) is 5.76 Å². The van der Waals surface area contributed by atoms with Crippen LogP contribution in [0.2, 0.25) is 0 Å². The van der Waals surface area contributed by atoms with Gasteiger partial charge in [-0.05, 0) is 12.7 Å². The van der Waals surface area contributed by atoms with Gasteiger partial charge in [0.15, 0.2) is 0 Å². The Kier molecular flexibility index (Phi) is 8.35. The third kappa shape index (κ3) is 8.18. The predicted molar refractivity (Wildman–Crippen MR) is 31.1 cm³/mol. The Morgan fingerprint density at radius 1 is 1.67 bits per heavy atom. The van der Waals surface area contributed by atoms with Crippen LogP contribution in [0.4, 0.5) is 0 Å². The molecule has 0 amide bonds. The number of carbonyl (C=O) groups excluding carboxylic acids is 1. The van der Waals surface area contributed by atoms with Crippen molar-refractivity contribution in [2.45, 2.75) is 6.92 Å². The maximum Gasteiger partial charge on any atom is 0.0765 e. The standard InChI is InChI=1S/C6H9O2.Y/c1-5(7)4-6(2)8-3;/h4H,2H2,1,3H3;/q-1;. The minimum atomic E-state index is -0.0446. The van der Waals surface area contributed by atoms with Crippen LogP contribution in [0.3, 0.4) is 0 Å². The molecule has 0 fully saturated rings. The number of methoxy groups -OCH3 is 1. The molecule has 0 N–H and O–H groups in total. The molecule has 1 radical (unpaired) electrons. The van der Waals surface area contributed by atoms with Gasteiger partial charge in [0.05, 0.1) is 12.9 Å². The average molecular weight is 202 g/mol. The maximum atomic E-state index is 10.2. The molecule has 0 heterocycles. The molecule has 0 aliphatic heterocycles. The summed E-state index contributed by atoms with van der Waals surface area (Å²) in [6.45, 7) is 4.86. The Morgan fingerprint density at radius 3 is 2.22 bits per heavy atom. The summed E-state index contributed by atoms with van der Waals surface area (Å²) in [4.78, 5) is 10.2. The van der Waals surface area contributed by atoms with E-state index in [-0.39, 0.29) is 38.5 Å². The molecule has 0 aliphatic carbocycles. The van der Waals surface area contributed by atoms with Crippen LogP contribution >= 0.6 is 0 Å². The third-order valence-corrected chi connectivity index (χ3v) is 0.626. The number of ketones is 1. The quantitative estimate of drug-likeness (QED) is 0.502. The molecule has 9 heavy (non-hydrogen) atoms. The van der Waals surface area contributed by atoms with Crippen LogP contribution in [0, 0.1) is 6.42 Å². The van der Waals surface area contributed by atoms with E-state index < -0.39 is 0 Å². The van der Waals surface area contributed by atoms with Crippen LogP contribution in [-0.2, 0) is 42.2 Å². The van der Waals surface area contributed by atoms with E-state index in [0.717, 1.165) is 0 Å². The zero-order valence-electron chi connectivity index (χ0n) is 5.68. The summed E-state index contributed by atoms with van der Waals surface area (Å²) in [5, 5.41) is 0. The Morgan fingerprint density at radius 2 is 2.11 bits per heavy atom. The number of allylic oxidation sites excluding steroid dienone is 1. The van der Waals surface area contributed by atoms with Crippen LogP contribution in [0.5, 0.6) is 0 Å². The van der Waals surface area contributed by atoms with Gasteiger partial charge in [-0.2, -0.15) is 0 Å². The van der Waals surface area contributed by atoms with Crippen molar-refractivity contribution in [3.8, 4) is 0 Å². The third-order valence-electron chi connectivity index (χ3n) is 0.626. The van der Waals surface area contributed by atoms with Gasteiger partial charge in [-0.15, -0.1) is 6.42 Å². The average Bonchev–Trinajstić information content (AvgIpc) is 1.65. The first-order valence-electron chi connectivity index (χ1n) is 2.25. The molecule has 49 valence electrons. The summed E-state index contributed by atoms with van der Waals surface area (Å²) in [5.74, 6) is 0.356. The first-order valence-corrected chi connectivity index (χ1v) is 2.25. The van der Waals surface area contributed by atoms with Crippen molar-refractivity contribution in [1.29, 1.82) is 0 Å². The molecule has 0 atom stereocenters. The van der Waals surface area contributed by atoms with E-state index in [1.165, 1.54) is 20.5 Å². The van der Waals surface area contributed by atoms with E-state index in [9.17, 15) is 4.79 Å². The smallest absolute Gasteiger partial charge is 0.0765 e. The van der Waals surface area contributed by atoms with Gasteiger partial charge >= 0.3 is 0 Å². The van der Waals surface area contributed by atoms with Crippen molar-refractivity contribution in [3.05, 3.63) is 18.8 Å². The fourth-order valence-corrected chi connectivity index (χ4v) is 0.286. The Balaban J connectivity index is 0. The van der Waals surface area contributed by atoms with Gasteiger partial charge in [-0.3, -0.25) is 0 Å². The fourth-order valence-electron chi connectivity index (χ4n) is 0.286. The second kappa shape index (κ2) is 6.31. The molecule has 0 aromatic heterocycles. The fraction of sp³-hybridized carbons (Fsp3) is 0.333. The zero-order chi connectivity index (χ0) is 6.57. The molecule has 0 saturated heterocycles. The summed E-state index contributed by atoms with van der Waals surface area (Å²) in [6.07, 6.45) is 1.33. The number of ether oxygens (including phenoxy) is 1. The first kappa shape index (κ1) is 11.9. The largest absolute Gasteiger partial charge is 0.534 e. The van der Waals surface area contributed by atoms with Crippen molar-refractivity contribution in [3.63, 3.8) is 0 Å². The van der Waals surface area contributed by atoms with Gasteiger partial charge in [0.1, 0.15) is 0 Å². The molecule has 0 aliphatic rings. The minimum Gasteiger partial charge on any atom is -0.534 e. The van der Waals surface area contributed by atoms with Crippen molar-refractivity contribution < 1.29 is 42.2 Å². The van der Waals surface area contributed by atoms with Gasteiger partial charge in [0.2, 0.25) is 0 Å². The molecule has 0 aromatic carbocycles. The molecule has 0 saturated carbocycles. The number of carbonyl (C=O) groups is 1. The van der Waals surface area contributed by atoms with E-state index in [1.807, 2.05) is 0 Å². The van der Waals surface area contributed by atoms with E-state index in [1.54, 1.807) is 0 Å². The Hall–Kier alpha value is 0.184. The molecular weight excluding hydrogens is 193 g/mol. The molecule has 0 unspecified atom stereocenters. The molecular formula is C6H9O2Y-. The monoisotopic (exact) mass is 202 g/mol. The second-order valence-electron chi connectivity index (χ2n) is 1.43. The second-order valence-corrected chi connectivity index (χ2v) is 1.43. The molecule has 3 heteroatoms. The van der Waals surface area contributed by atoms with Crippen LogP contribution in [0.1, 0.15) is 6.92 Å². The summed E-state index contributed by atoms with van der Waals surface area (Å²) in [5.41, 5.74) is 0. The SMILES string of the molecule is C=C([CH-]C(C)=O)OC.[Y]. The number of rotatable bonds is 3. The van der Waals surface area contributed by atoms with Crippen molar-refractivity contribution in [2.24, 2.45) is 0 Å². The van der Waals surface area contributed by atoms with Gasteiger partial charge in [0.25, 0.3) is 0 Å². The zero-order valence-corrected chi connectivity index (χ0v) is 8.52. The summed E-state index contributed by atoms with van der Waals surface area (Å²) in [7, 11) is 1.47.